The van der Waals surface area contributed by atoms with Gasteiger partial charge in [-0.1, -0.05) is 22.0 Å². The third kappa shape index (κ3) is 4.09. The van der Waals surface area contributed by atoms with Crippen LogP contribution in [0.2, 0.25) is 0 Å². The topological polar surface area (TPSA) is 54.5 Å². The molecule has 1 fully saturated rings. The molecule has 0 bridgehead atoms. The number of carbonyl (C=O) groups is 1. The zero-order valence-electron chi connectivity index (χ0n) is 12.7. The smallest absolute Gasteiger partial charge is 0.251 e. The van der Waals surface area contributed by atoms with Gasteiger partial charge in [0.05, 0.1) is 13.2 Å². The summed E-state index contributed by atoms with van der Waals surface area (Å²) in [5.41, 5.74) is 1.66. The molecular weight excluding hydrogens is 358 g/mol. The zero-order valence-corrected chi connectivity index (χ0v) is 14.3. The van der Waals surface area contributed by atoms with E-state index in [9.17, 15) is 4.79 Å². The van der Waals surface area contributed by atoms with Gasteiger partial charge in [0.1, 0.15) is 5.82 Å². The van der Waals surface area contributed by atoms with Gasteiger partial charge in [-0.3, -0.25) is 4.79 Å². The monoisotopic (exact) mass is 375 g/mol. The fraction of sp³-hybridized carbons (Fsp3) is 0.294. The number of hydrogen-bond donors (Lipinski definition) is 1. The Morgan fingerprint density at radius 1 is 1.22 bits per heavy atom. The van der Waals surface area contributed by atoms with Gasteiger partial charge in [0.25, 0.3) is 5.91 Å². The second kappa shape index (κ2) is 7.57. The Bertz CT molecular complexity index is 670. The van der Waals surface area contributed by atoms with Gasteiger partial charge in [0.2, 0.25) is 0 Å². The highest BCUT2D eigenvalue weighted by Gasteiger charge is 2.16. The summed E-state index contributed by atoms with van der Waals surface area (Å²) in [6.45, 7) is 3.52. The molecule has 0 saturated carbocycles. The standard InChI is InChI=1S/C17H18BrN3O2/c18-15-5-3-13(4-6-15)17(22)20-12-14-2-1-7-19-16(14)21-8-10-23-11-9-21/h1-7H,8-12H2,(H,20,22). The Labute approximate surface area is 143 Å². The van der Waals surface area contributed by atoms with Gasteiger partial charge in [-0.25, -0.2) is 4.98 Å². The molecule has 1 aromatic carbocycles. The van der Waals surface area contributed by atoms with Crippen LogP contribution in [0.3, 0.4) is 0 Å². The van der Waals surface area contributed by atoms with E-state index in [0.29, 0.717) is 25.3 Å². The third-order valence-electron chi connectivity index (χ3n) is 3.72. The Kier molecular flexibility index (Phi) is 5.25. The molecule has 1 aliphatic rings. The first-order chi connectivity index (χ1) is 11.2. The van der Waals surface area contributed by atoms with E-state index >= 15 is 0 Å². The van der Waals surface area contributed by atoms with Crippen LogP contribution in [-0.2, 0) is 11.3 Å². The second-order valence-corrected chi connectivity index (χ2v) is 6.19. The Morgan fingerprint density at radius 2 is 1.96 bits per heavy atom. The molecule has 2 aromatic rings. The molecule has 1 saturated heterocycles. The Morgan fingerprint density at radius 3 is 2.70 bits per heavy atom. The maximum atomic E-state index is 12.2. The first kappa shape index (κ1) is 16.0. The molecule has 0 atom stereocenters. The van der Waals surface area contributed by atoms with Crippen LogP contribution < -0.4 is 10.2 Å². The average Bonchev–Trinajstić information content (AvgIpc) is 2.61. The highest BCUT2D eigenvalue weighted by molar-refractivity contribution is 9.10. The van der Waals surface area contributed by atoms with Crippen molar-refractivity contribution in [3.8, 4) is 0 Å². The number of halogens is 1. The lowest BCUT2D eigenvalue weighted by Crippen LogP contribution is -2.37. The summed E-state index contributed by atoms with van der Waals surface area (Å²) in [5.74, 6) is 0.834. The van der Waals surface area contributed by atoms with Crippen LogP contribution in [0.25, 0.3) is 0 Å². The minimum atomic E-state index is -0.0886. The third-order valence-corrected chi connectivity index (χ3v) is 4.25. The lowest BCUT2D eigenvalue weighted by atomic mass is 10.2. The van der Waals surface area contributed by atoms with Crippen molar-refractivity contribution in [3.05, 3.63) is 58.2 Å². The summed E-state index contributed by atoms with van der Waals surface area (Å²) in [6.07, 6.45) is 1.78. The number of hydrogen-bond acceptors (Lipinski definition) is 4. The Balaban J connectivity index is 1.68. The van der Waals surface area contributed by atoms with Crippen molar-refractivity contribution in [1.82, 2.24) is 10.3 Å². The number of anilines is 1. The molecule has 0 radical (unpaired) electrons. The number of carbonyl (C=O) groups excluding carboxylic acids is 1. The van der Waals surface area contributed by atoms with Gasteiger partial charge >= 0.3 is 0 Å². The highest BCUT2D eigenvalue weighted by atomic mass is 79.9. The lowest BCUT2D eigenvalue weighted by molar-refractivity contribution is 0.0950. The van der Waals surface area contributed by atoms with Gasteiger partial charge in [0, 0.05) is 41.4 Å². The van der Waals surface area contributed by atoms with Crippen LogP contribution in [0.15, 0.2) is 47.1 Å². The lowest BCUT2D eigenvalue weighted by Gasteiger charge is -2.29. The first-order valence-electron chi connectivity index (χ1n) is 7.54. The summed E-state index contributed by atoms with van der Waals surface area (Å²) in [7, 11) is 0. The first-order valence-corrected chi connectivity index (χ1v) is 8.34. The van der Waals surface area contributed by atoms with Crippen LogP contribution in [0, 0.1) is 0 Å². The molecule has 1 aromatic heterocycles. The van der Waals surface area contributed by atoms with Gasteiger partial charge in [-0.05, 0) is 30.3 Å². The van der Waals surface area contributed by atoms with Crippen molar-refractivity contribution in [2.45, 2.75) is 6.54 Å². The van der Waals surface area contributed by atoms with Gasteiger partial charge in [-0.2, -0.15) is 0 Å². The van der Waals surface area contributed by atoms with E-state index in [1.165, 1.54) is 0 Å². The molecule has 120 valence electrons. The van der Waals surface area contributed by atoms with E-state index in [1.807, 2.05) is 24.3 Å². The molecule has 3 rings (SSSR count). The number of ether oxygens (including phenoxy) is 1. The van der Waals surface area contributed by atoms with E-state index in [-0.39, 0.29) is 5.91 Å². The van der Waals surface area contributed by atoms with E-state index in [0.717, 1.165) is 28.9 Å². The average molecular weight is 376 g/mol. The molecule has 5 nitrogen and oxygen atoms in total. The minimum Gasteiger partial charge on any atom is -0.378 e. The van der Waals surface area contributed by atoms with Crippen molar-refractivity contribution in [2.24, 2.45) is 0 Å². The number of morpholine rings is 1. The van der Waals surface area contributed by atoms with Crippen LogP contribution in [0.1, 0.15) is 15.9 Å². The van der Waals surface area contributed by atoms with Crippen molar-refractivity contribution in [2.75, 3.05) is 31.2 Å². The summed E-state index contributed by atoms with van der Waals surface area (Å²) < 4.78 is 6.34. The van der Waals surface area contributed by atoms with Crippen molar-refractivity contribution >= 4 is 27.7 Å². The van der Waals surface area contributed by atoms with Gasteiger partial charge in [0.15, 0.2) is 0 Å². The van der Waals surface area contributed by atoms with Gasteiger partial charge in [-0.15, -0.1) is 0 Å². The molecular formula is C17H18BrN3O2. The zero-order chi connectivity index (χ0) is 16.1. The number of amides is 1. The van der Waals surface area contributed by atoms with Crippen molar-refractivity contribution < 1.29 is 9.53 Å². The number of rotatable bonds is 4. The van der Waals surface area contributed by atoms with E-state index in [4.69, 9.17) is 4.74 Å². The molecule has 2 heterocycles. The second-order valence-electron chi connectivity index (χ2n) is 5.28. The highest BCUT2D eigenvalue weighted by Crippen LogP contribution is 2.18. The largest absolute Gasteiger partial charge is 0.378 e. The summed E-state index contributed by atoms with van der Waals surface area (Å²) >= 11 is 3.37. The number of nitrogens with zero attached hydrogens (tertiary/aromatic N) is 2. The fourth-order valence-electron chi connectivity index (χ4n) is 2.51. The molecule has 0 aliphatic carbocycles. The summed E-state index contributed by atoms with van der Waals surface area (Å²) in [4.78, 5) is 18.9. The fourth-order valence-corrected chi connectivity index (χ4v) is 2.77. The van der Waals surface area contributed by atoms with Crippen LogP contribution in [-0.4, -0.2) is 37.2 Å². The molecule has 0 unspecified atom stereocenters. The van der Waals surface area contributed by atoms with E-state index in [2.05, 4.69) is 31.1 Å². The van der Waals surface area contributed by atoms with E-state index in [1.54, 1.807) is 18.3 Å². The van der Waals surface area contributed by atoms with Crippen molar-refractivity contribution in [1.29, 1.82) is 0 Å². The number of nitrogens with one attached hydrogen (secondary N) is 1. The molecule has 1 amide bonds. The summed E-state index contributed by atoms with van der Waals surface area (Å²) in [5, 5.41) is 2.96. The summed E-state index contributed by atoms with van der Waals surface area (Å²) in [6, 6.07) is 11.2. The number of benzene rings is 1. The number of aromatic nitrogens is 1. The maximum absolute atomic E-state index is 12.2. The van der Waals surface area contributed by atoms with Crippen LogP contribution >= 0.6 is 15.9 Å². The Hall–Kier alpha value is -1.92. The SMILES string of the molecule is O=C(NCc1cccnc1N1CCOCC1)c1ccc(Br)cc1. The van der Waals surface area contributed by atoms with Crippen molar-refractivity contribution in [3.63, 3.8) is 0 Å². The molecule has 6 heteroatoms. The molecule has 0 spiro atoms. The minimum absolute atomic E-state index is 0.0886. The number of pyridine rings is 1. The van der Waals surface area contributed by atoms with Gasteiger partial charge < -0.3 is 15.0 Å². The normalized spacial score (nSPS) is 14.6. The quantitative estimate of drug-likeness (QED) is 0.892. The maximum Gasteiger partial charge on any atom is 0.251 e. The predicted octanol–water partition coefficient (Wildman–Crippen LogP) is 2.61. The van der Waals surface area contributed by atoms with Crippen LogP contribution in [0.5, 0.6) is 0 Å². The molecule has 1 aliphatic heterocycles. The van der Waals surface area contributed by atoms with Crippen LogP contribution in [0.4, 0.5) is 5.82 Å². The molecule has 1 N–H and O–H groups in total. The van der Waals surface area contributed by atoms with E-state index < -0.39 is 0 Å². The predicted molar refractivity (Wildman–Crippen MR) is 92.6 cm³/mol. The molecule has 23 heavy (non-hydrogen) atoms.